The summed E-state index contributed by atoms with van der Waals surface area (Å²) in [6, 6.07) is 21.5. The number of anilines is 2. The van der Waals surface area contributed by atoms with Crippen LogP contribution in [-0.2, 0) is 0 Å². The second-order valence-electron chi connectivity index (χ2n) is 9.40. The highest BCUT2D eigenvalue weighted by Gasteiger charge is 2.39. The Morgan fingerprint density at radius 1 is 0.943 bits per heavy atom. The summed E-state index contributed by atoms with van der Waals surface area (Å²) in [6.07, 6.45) is 1.48. The zero-order valence-corrected chi connectivity index (χ0v) is 20.3. The lowest BCUT2D eigenvalue weighted by Gasteiger charge is -2.34. The molecule has 0 spiro atoms. The molecule has 3 N–H and O–H groups in total. The van der Waals surface area contributed by atoms with Crippen LogP contribution in [0.15, 0.2) is 72.8 Å². The largest absolute Gasteiger partial charge is 0.414 e. The van der Waals surface area contributed by atoms with E-state index in [1.807, 2.05) is 63.5 Å². The SMILES string of the molecule is Cc1ccccc1C(=O)Nc1ccc(C(=O)N2CCCC([N+](C)(C)C(N)=O)c3ccccc32)cc1. The third kappa shape index (κ3) is 4.81. The topological polar surface area (TPSA) is 92.5 Å². The fourth-order valence-corrected chi connectivity index (χ4v) is 4.65. The van der Waals surface area contributed by atoms with Crippen molar-refractivity contribution in [3.8, 4) is 0 Å². The lowest BCUT2D eigenvalue weighted by atomic mass is 9.98. The number of carbonyl (C=O) groups excluding carboxylic acids is 3. The zero-order valence-electron chi connectivity index (χ0n) is 20.3. The Bertz CT molecular complexity index is 1270. The molecule has 0 radical (unpaired) electrons. The van der Waals surface area contributed by atoms with E-state index in [4.69, 9.17) is 5.73 Å². The average Bonchev–Trinajstić information content (AvgIpc) is 3.04. The average molecular weight is 472 g/mol. The van der Waals surface area contributed by atoms with E-state index in [2.05, 4.69) is 5.32 Å². The lowest BCUT2D eigenvalue weighted by Crippen LogP contribution is -2.51. The van der Waals surface area contributed by atoms with Crippen molar-refractivity contribution >= 4 is 29.2 Å². The monoisotopic (exact) mass is 471 g/mol. The van der Waals surface area contributed by atoms with E-state index in [9.17, 15) is 14.4 Å². The molecule has 180 valence electrons. The summed E-state index contributed by atoms with van der Waals surface area (Å²) < 4.78 is 0.0222. The third-order valence-electron chi connectivity index (χ3n) is 6.82. The summed E-state index contributed by atoms with van der Waals surface area (Å²) in [7, 11) is 3.62. The van der Waals surface area contributed by atoms with Crippen molar-refractivity contribution in [2.45, 2.75) is 25.8 Å². The molecule has 3 aromatic rings. The number of nitrogens with two attached hydrogens (primary N) is 1. The van der Waals surface area contributed by atoms with Crippen LogP contribution in [0.2, 0.25) is 0 Å². The summed E-state index contributed by atoms with van der Waals surface area (Å²) in [6.45, 7) is 2.43. The van der Waals surface area contributed by atoms with Gasteiger partial charge in [-0.3, -0.25) is 9.59 Å². The van der Waals surface area contributed by atoms with Gasteiger partial charge in [0, 0.05) is 35.3 Å². The van der Waals surface area contributed by atoms with Gasteiger partial charge in [0.1, 0.15) is 6.04 Å². The van der Waals surface area contributed by atoms with E-state index >= 15 is 0 Å². The first-order chi connectivity index (χ1) is 16.7. The van der Waals surface area contributed by atoms with Crippen LogP contribution in [0.3, 0.4) is 0 Å². The van der Waals surface area contributed by atoms with Gasteiger partial charge in [0.15, 0.2) is 0 Å². The fraction of sp³-hybridized carbons (Fsp3) is 0.250. The molecule has 0 aliphatic carbocycles. The number of carbonyl (C=O) groups is 3. The molecule has 1 aliphatic heterocycles. The van der Waals surface area contributed by atoms with Crippen molar-refractivity contribution in [1.29, 1.82) is 0 Å². The highest BCUT2D eigenvalue weighted by Crippen LogP contribution is 2.39. The van der Waals surface area contributed by atoms with E-state index in [1.54, 1.807) is 35.2 Å². The number of amides is 4. The molecule has 1 aliphatic rings. The van der Waals surface area contributed by atoms with Crippen LogP contribution in [0.25, 0.3) is 0 Å². The van der Waals surface area contributed by atoms with Gasteiger partial charge < -0.3 is 16.0 Å². The van der Waals surface area contributed by atoms with Crippen molar-refractivity contribution in [3.05, 3.63) is 95.1 Å². The Morgan fingerprint density at radius 2 is 1.60 bits per heavy atom. The number of nitrogens with zero attached hydrogens (tertiary/aromatic N) is 2. The molecule has 1 atom stereocenters. The number of nitrogens with one attached hydrogen (secondary N) is 1. The highest BCUT2D eigenvalue weighted by atomic mass is 16.2. The number of fused-ring (bicyclic) bond motifs is 1. The molecule has 3 aromatic carbocycles. The molecule has 1 heterocycles. The summed E-state index contributed by atoms with van der Waals surface area (Å²) in [4.78, 5) is 40.1. The number of hydrogen-bond donors (Lipinski definition) is 2. The smallest absolute Gasteiger partial charge is 0.322 e. The molecule has 4 amide bonds. The fourth-order valence-electron chi connectivity index (χ4n) is 4.65. The minimum atomic E-state index is -0.409. The normalized spacial score (nSPS) is 15.6. The van der Waals surface area contributed by atoms with Crippen LogP contribution in [0.4, 0.5) is 16.2 Å². The summed E-state index contributed by atoms with van der Waals surface area (Å²) in [5, 5.41) is 2.89. The molecule has 0 aromatic heterocycles. The van der Waals surface area contributed by atoms with Crippen LogP contribution < -0.4 is 16.0 Å². The van der Waals surface area contributed by atoms with Crippen molar-refractivity contribution in [1.82, 2.24) is 0 Å². The Balaban J connectivity index is 1.57. The molecule has 7 heteroatoms. The first kappa shape index (κ1) is 24.2. The standard InChI is InChI=1S/C28H30N4O3/c1-19-9-4-5-10-22(19)26(33)30-21-16-14-20(15-17-21)27(34)31-18-8-13-25(32(2,3)28(29)35)23-11-6-7-12-24(23)31/h4-7,9-12,14-17,25H,8,13,18H2,1-3H3,(H2-,29,30,33,34,35)/p+1. The van der Waals surface area contributed by atoms with Crippen LogP contribution >= 0.6 is 0 Å². The van der Waals surface area contributed by atoms with E-state index in [-0.39, 0.29) is 22.3 Å². The van der Waals surface area contributed by atoms with Crippen molar-refractivity contribution < 1.29 is 18.9 Å². The molecule has 7 nitrogen and oxygen atoms in total. The number of para-hydroxylation sites is 1. The predicted octanol–water partition coefficient (Wildman–Crippen LogP) is 4.88. The van der Waals surface area contributed by atoms with Gasteiger partial charge in [-0.1, -0.05) is 36.4 Å². The minimum Gasteiger partial charge on any atom is -0.322 e. The minimum absolute atomic E-state index is 0.0222. The van der Waals surface area contributed by atoms with Gasteiger partial charge in [0.25, 0.3) is 11.8 Å². The molecule has 0 fully saturated rings. The number of benzene rings is 3. The maximum atomic E-state index is 13.5. The van der Waals surface area contributed by atoms with Gasteiger partial charge in [-0.25, -0.2) is 9.28 Å². The van der Waals surface area contributed by atoms with Gasteiger partial charge in [-0.15, -0.1) is 0 Å². The third-order valence-corrected chi connectivity index (χ3v) is 6.82. The van der Waals surface area contributed by atoms with E-state index < -0.39 is 6.03 Å². The predicted molar refractivity (Wildman–Crippen MR) is 137 cm³/mol. The van der Waals surface area contributed by atoms with Gasteiger partial charge in [-0.2, -0.15) is 0 Å². The number of urea groups is 1. The Labute approximate surface area is 205 Å². The van der Waals surface area contributed by atoms with Crippen molar-refractivity contribution in [2.24, 2.45) is 5.73 Å². The van der Waals surface area contributed by atoms with Gasteiger partial charge in [-0.05, 0) is 55.3 Å². The summed E-state index contributed by atoms with van der Waals surface area (Å²) >= 11 is 0. The molecule has 0 bridgehead atoms. The van der Waals surface area contributed by atoms with E-state index in [0.29, 0.717) is 23.4 Å². The zero-order chi connectivity index (χ0) is 25.2. The molecular weight excluding hydrogens is 440 g/mol. The summed E-state index contributed by atoms with van der Waals surface area (Å²) in [5.74, 6) is -0.316. The Morgan fingerprint density at radius 3 is 2.29 bits per heavy atom. The number of hydrogen-bond acceptors (Lipinski definition) is 3. The van der Waals surface area contributed by atoms with Crippen LogP contribution in [0, 0.1) is 6.92 Å². The molecule has 0 saturated heterocycles. The first-order valence-corrected chi connectivity index (χ1v) is 11.7. The van der Waals surface area contributed by atoms with Gasteiger partial charge >= 0.3 is 6.03 Å². The number of rotatable bonds is 4. The molecule has 1 unspecified atom stereocenters. The number of primary amides is 1. The quantitative estimate of drug-likeness (QED) is 0.531. The maximum absolute atomic E-state index is 13.5. The summed E-state index contributed by atoms with van der Waals surface area (Å²) in [5.41, 5.74) is 10.1. The molecule has 35 heavy (non-hydrogen) atoms. The lowest BCUT2D eigenvalue weighted by molar-refractivity contribution is -0.842. The van der Waals surface area contributed by atoms with Gasteiger partial charge in [0.2, 0.25) is 0 Å². The van der Waals surface area contributed by atoms with Crippen LogP contribution in [-0.4, -0.2) is 43.0 Å². The highest BCUT2D eigenvalue weighted by molar-refractivity contribution is 6.08. The number of quaternary nitrogens is 1. The first-order valence-electron chi connectivity index (χ1n) is 11.7. The molecule has 0 saturated carbocycles. The second-order valence-corrected chi connectivity index (χ2v) is 9.40. The van der Waals surface area contributed by atoms with Crippen LogP contribution in [0.1, 0.15) is 50.7 Å². The Kier molecular flexibility index (Phi) is 6.71. The van der Waals surface area contributed by atoms with E-state index in [1.165, 1.54) is 0 Å². The van der Waals surface area contributed by atoms with Crippen LogP contribution in [0.5, 0.6) is 0 Å². The molecular formula is C28H31N4O3+. The number of aryl methyl sites for hydroxylation is 1. The van der Waals surface area contributed by atoms with Crippen molar-refractivity contribution in [2.75, 3.05) is 30.9 Å². The Hall–Kier alpha value is -3.97. The maximum Gasteiger partial charge on any atom is 0.414 e. The van der Waals surface area contributed by atoms with Gasteiger partial charge in [0.05, 0.1) is 19.8 Å². The van der Waals surface area contributed by atoms with E-state index in [0.717, 1.165) is 29.7 Å². The van der Waals surface area contributed by atoms with Crippen molar-refractivity contribution in [3.63, 3.8) is 0 Å². The molecule has 4 rings (SSSR count). The second kappa shape index (κ2) is 9.72.